The fourth-order valence-corrected chi connectivity index (χ4v) is 6.88. The van der Waals surface area contributed by atoms with Crippen LogP contribution >= 0.6 is 0 Å². The van der Waals surface area contributed by atoms with E-state index >= 15 is 0 Å². The second-order valence-corrected chi connectivity index (χ2v) is 13.1. The molecule has 0 aliphatic carbocycles. The molecule has 254 valence electrons. The van der Waals surface area contributed by atoms with Gasteiger partial charge in [-0.15, -0.1) is 0 Å². The summed E-state index contributed by atoms with van der Waals surface area (Å²) in [4.78, 5) is 19.7. The molecule has 9 aromatic rings. The predicted molar refractivity (Wildman–Crippen MR) is 221 cm³/mol. The van der Waals surface area contributed by atoms with Crippen LogP contribution in [-0.4, -0.2) is 19.9 Å². The topological polar surface area (TPSA) is 51.6 Å². The molecule has 4 nitrogen and oxygen atoms in total. The van der Waals surface area contributed by atoms with Crippen LogP contribution in [0.5, 0.6) is 0 Å². The molecule has 2 heterocycles. The summed E-state index contributed by atoms with van der Waals surface area (Å²) in [6, 6.07) is 67.5. The molecule has 0 atom stereocenters. The van der Waals surface area contributed by atoms with Gasteiger partial charge in [-0.05, 0) is 86.0 Å². The maximum absolute atomic E-state index is 5.18. The van der Waals surface area contributed by atoms with Crippen molar-refractivity contribution in [1.82, 2.24) is 19.9 Å². The first kappa shape index (κ1) is 32.6. The van der Waals surface area contributed by atoms with Crippen LogP contribution in [0.15, 0.2) is 207 Å². The van der Waals surface area contributed by atoms with Crippen molar-refractivity contribution >= 4 is 0 Å². The zero-order valence-electron chi connectivity index (χ0n) is 29.4. The van der Waals surface area contributed by atoms with Gasteiger partial charge in [-0.3, -0.25) is 4.98 Å². The fourth-order valence-electron chi connectivity index (χ4n) is 6.88. The fraction of sp³-hybridized carbons (Fsp3) is 0. The van der Waals surface area contributed by atoms with Crippen LogP contribution in [0.2, 0.25) is 0 Å². The number of nitrogens with zero attached hydrogens (tertiary/aromatic N) is 4. The molecule has 2 aromatic heterocycles. The minimum atomic E-state index is 0.601. The van der Waals surface area contributed by atoms with E-state index in [9.17, 15) is 0 Å². The largest absolute Gasteiger partial charge is 0.265 e. The van der Waals surface area contributed by atoms with Crippen molar-refractivity contribution < 1.29 is 0 Å². The molecule has 0 spiro atoms. The molecule has 0 N–H and O–H groups in total. The highest BCUT2D eigenvalue weighted by Gasteiger charge is 2.17. The monoisotopic (exact) mass is 690 g/mol. The van der Waals surface area contributed by atoms with Crippen molar-refractivity contribution in [3.8, 4) is 89.8 Å². The first-order valence-electron chi connectivity index (χ1n) is 18.0. The van der Waals surface area contributed by atoms with E-state index < -0.39 is 0 Å². The van der Waals surface area contributed by atoms with E-state index in [2.05, 4.69) is 175 Å². The molecular formula is C50H34N4. The van der Waals surface area contributed by atoms with Gasteiger partial charge in [0.1, 0.15) is 0 Å². The SMILES string of the molecule is c1ccc(-c2ccc(-c3nc(-c4ccc(-c5ccccc5)cc4)nc(-c4cc(-c5ccncc5)cc(-c5ccccc5-c5ccccc5)c4)n3)cc2)cc1. The van der Waals surface area contributed by atoms with Crippen molar-refractivity contribution in [1.29, 1.82) is 0 Å². The van der Waals surface area contributed by atoms with Gasteiger partial charge in [-0.1, -0.05) is 164 Å². The Labute approximate surface area is 315 Å². The Balaban J connectivity index is 1.22. The van der Waals surface area contributed by atoms with Crippen LogP contribution in [0.3, 0.4) is 0 Å². The van der Waals surface area contributed by atoms with Crippen LogP contribution in [0.25, 0.3) is 89.8 Å². The third-order valence-corrected chi connectivity index (χ3v) is 9.66. The molecule has 0 saturated carbocycles. The average Bonchev–Trinajstić information content (AvgIpc) is 3.27. The quantitative estimate of drug-likeness (QED) is 0.159. The molecule has 4 heteroatoms. The second-order valence-electron chi connectivity index (χ2n) is 13.1. The van der Waals surface area contributed by atoms with Gasteiger partial charge in [0.05, 0.1) is 0 Å². The highest BCUT2D eigenvalue weighted by atomic mass is 15.0. The zero-order valence-corrected chi connectivity index (χ0v) is 29.4. The Morgan fingerprint density at radius 1 is 0.222 bits per heavy atom. The summed E-state index contributed by atoms with van der Waals surface area (Å²) < 4.78 is 0. The predicted octanol–water partition coefficient (Wildman–Crippen LogP) is 12.6. The first-order chi connectivity index (χ1) is 26.7. The van der Waals surface area contributed by atoms with E-state index in [0.29, 0.717) is 17.5 Å². The van der Waals surface area contributed by atoms with E-state index in [0.717, 1.165) is 72.3 Å². The first-order valence-corrected chi connectivity index (χ1v) is 18.0. The Hall–Kier alpha value is -7.30. The lowest BCUT2D eigenvalue weighted by atomic mass is 9.91. The van der Waals surface area contributed by atoms with Crippen molar-refractivity contribution in [3.05, 3.63) is 207 Å². The summed E-state index contributed by atoms with van der Waals surface area (Å²) >= 11 is 0. The number of rotatable bonds is 8. The van der Waals surface area contributed by atoms with Crippen molar-refractivity contribution in [2.24, 2.45) is 0 Å². The van der Waals surface area contributed by atoms with Crippen LogP contribution in [-0.2, 0) is 0 Å². The molecule has 0 bridgehead atoms. The highest BCUT2D eigenvalue weighted by molar-refractivity contribution is 5.88. The average molecular weight is 691 g/mol. The summed E-state index contributed by atoms with van der Waals surface area (Å²) in [5.41, 5.74) is 14.0. The number of benzene rings is 7. The lowest BCUT2D eigenvalue weighted by Gasteiger charge is -2.15. The number of hydrogen-bond acceptors (Lipinski definition) is 4. The number of pyridine rings is 1. The molecule has 9 rings (SSSR count). The van der Waals surface area contributed by atoms with Gasteiger partial charge < -0.3 is 0 Å². The van der Waals surface area contributed by atoms with Gasteiger partial charge >= 0.3 is 0 Å². The lowest BCUT2D eigenvalue weighted by molar-refractivity contribution is 1.07. The summed E-state index contributed by atoms with van der Waals surface area (Å²) in [7, 11) is 0. The normalized spacial score (nSPS) is 11.0. The molecule has 7 aromatic carbocycles. The van der Waals surface area contributed by atoms with E-state index in [4.69, 9.17) is 15.0 Å². The highest BCUT2D eigenvalue weighted by Crippen LogP contribution is 2.38. The lowest BCUT2D eigenvalue weighted by Crippen LogP contribution is -2.01. The van der Waals surface area contributed by atoms with Crippen molar-refractivity contribution in [3.63, 3.8) is 0 Å². The summed E-state index contributed by atoms with van der Waals surface area (Å²) in [5, 5.41) is 0. The summed E-state index contributed by atoms with van der Waals surface area (Å²) in [6.07, 6.45) is 3.66. The number of hydrogen-bond donors (Lipinski definition) is 0. The Morgan fingerprint density at radius 2 is 0.556 bits per heavy atom. The van der Waals surface area contributed by atoms with Gasteiger partial charge in [0.25, 0.3) is 0 Å². The third-order valence-electron chi connectivity index (χ3n) is 9.66. The standard InChI is InChI=1S/C50H34N4/c1-4-12-35(13-5-1)37-20-24-41(25-21-37)48-52-49(42-26-22-38(23-27-42)36-14-6-2-7-15-36)54-50(53-48)45-33-43(39-28-30-51-31-29-39)32-44(34-45)47-19-11-10-18-46(47)40-16-8-3-9-17-40/h1-34H. The van der Waals surface area contributed by atoms with Crippen LogP contribution in [0.1, 0.15) is 0 Å². The molecule has 0 aliphatic heterocycles. The summed E-state index contributed by atoms with van der Waals surface area (Å²) in [6.45, 7) is 0. The Morgan fingerprint density at radius 3 is 1.06 bits per heavy atom. The third kappa shape index (κ3) is 6.84. The minimum Gasteiger partial charge on any atom is -0.265 e. The van der Waals surface area contributed by atoms with Gasteiger partial charge in [0, 0.05) is 29.1 Å². The van der Waals surface area contributed by atoms with Gasteiger partial charge in [-0.25, -0.2) is 15.0 Å². The van der Waals surface area contributed by atoms with Gasteiger partial charge in [0.15, 0.2) is 17.5 Å². The van der Waals surface area contributed by atoms with Crippen LogP contribution in [0.4, 0.5) is 0 Å². The maximum atomic E-state index is 5.18. The molecule has 0 aliphatic rings. The molecule has 0 saturated heterocycles. The van der Waals surface area contributed by atoms with Crippen molar-refractivity contribution in [2.75, 3.05) is 0 Å². The molecule has 0 amide bonds. The van der Waals surface area contributed by atoms with Gasteiger partial charge in [-0.2, -0.15) is 0 Å². The van der Waals surface area contributed by atoms with E-state index in [1.165, 1.54) is 0 Å². The maximum Gasteiger partial charge on any atom is 0.164 e. The second kappa shape index (κ2) is 14.7. The zero-order chi connectivity index (χ0) is 36.1. The molecule has 0 fully saturated rings. The smallest absolute Gasteiger partial charge is 0.164 e. The minimum absolute atomic E-state index is 0.601. The Bertz CT molecular complexity index is 2560. The van der Waals surface area contributed by atoms with Crippen LogP contribution in [0, 0.1) is 0 Å². The van der Waals surface area contributed by atoms with Gasteiger partial charge in [0.2, 0.25) is 0 Å². The van der Waals surface area contributed by atoms with E-state index in [1.807, 2.05) is 36.7 Å². The van der Waals surface area contributed by atoms with E-state index in [-0.39, 0.29) is 0 Å². The number of aromatic nitrogens is 4. The molecule has 0 unspecified atom stereocenters. The van der Waals surface area contributed by atoms with Crippen molar-refractivity contribution in [2.45, 2.75) is 0 Å². The molecular weight excluding hydrogens is 657 g/mol. The van der Waals surface area contributed by atoms with Crippen LogP contribution < -0.4 is 0 Å². The Kier molecular flexibility index (Phi) is 8.90. The van der Waals surface area contributed by atoms with E-state index in [1.54, 1.807) is 0 Å². The summed E-state index contributed by atoms with van der Waals surface area (Å²) in [5.74, 6) is 1.83. The molecule has 0 radical (unpaired) electrons. The molecule has 54 heavy (non-hydrogen) atoms.